The molecule has 4 nitrogen and oxygen atoms in total. The lowest BCUT2D eigenvalue weighted by molar-refractivity contribution is 0.374. The zero-order chi connectivity index (χ0) is 13.9. The quantitative estimate of drug-likeness (QED) is 0.749. The van der Waals surface area contributed by atoms with Crippen LogP contribution in [0.5, 0.6) is 0 Å². The Morgan fingerprint density at radius 2 is 2.06 bits per heavy atom. The highest BCUT2D eigenvalue weighted by molar-refractivity contribution is 7.91. The van der Waals surface area contributed by atoms with Crippen molar-refractivity contribution in [2.75, 3.05) is 18.1 Å². The molecule has 1 atom stereocenters. The molecule has 1 heterocycles. The van der Waals surface area contributed by atoms with Crippen LogP contribution in [0.1, 0.15) is 46.5 Å². The first-order valence-electron chi connectivity index (χ1n) is 6.55. The van der Waals surface area contributed by atoms with Gasteiger partial charge in [-0.1, -0.05) is 6.42 Å². The smallest absolute Gasteiger partial charge is 0.152 e. The molecule has 0 aromatic carbocycles. The van der Waals surface area contributed by atoms with Gasteiger partial charge in [0.05, 0.1) is 23.0 Å². The number of sulfone groups is 1. The topological polar surface area (TPSA) is 70.0 Å². The van der Waals surface area contributed by atoms with E-state index in [2.05, 4.69) is 11.4 Å². The van der Waals surface area contributed by atoms with Gasteiger partial charge in [-0.05, 0) is 46.6 Å². The molecule has 0 saturated carbocycles. The predicted molar refractivity (Wildman–Crippen MR) is 72.9 cm³/mol. The third kappa shape index (κ3) is 4.95. The monoisotopic (exact) mass is 272 g/mol. The molecular formula is C13H24N2O2S. The average molecular weight is 272 g/mol. The lowest BCUT2D eigenvalue weighted by atomic mass is 9.89. The molecule has 0 radical (unpaired) electrons. The highest BCUT2D eigenvalue weighted by atomic mass is 32.2. The van der Waals surface area contributed by atoms with Crippen LogP contribution in [0.3, 0.4) is 0 Å². The molecule has 18 heavy (non-hydrogen) atoms. The third-order valence-electron chi connectivity index (χ3n) is 3.59. The summed E-state index contributed by atoms with van der Waals surface area (Å²) in [4.78, 5) is 0. The van der Waals surface area contributed by atoms with Gasteiger partial charge in [-0.15, -0.1) is 0 Å². The van der Waals surface area contributed by atoms with E-state index in [1.165, 1.54) is 0 Å². The molecule has 0 bridgehead atoms. The van der Waals surface area contributed by atoms with Gasteiger partial charge >= 0.3 is 0 Å². The molecule has 0 amide bonds. The summed E-state index contributed by atoms with van der Waals surface area (Å²) in [6.45, 7) is 6.71. The average Bonchev–Trinajstić information content (AvgIpc) is 2.53. The molecule has 1 saturated heterocycles. The van der Waals surface area contributed by atoms with Crippen LogP contribution < -0.4 is 5.32 Å². The van der Waals surface area contributed by atoms with Crippen LogP contribution in [0.4, 0.5) is 0 Å². The maximum Gasteiger partial charge on any atom is 0.152 e. The van der Waals surface area contributed by atoms with Crippen molar-refractivity contribution in [2.45, 2.75) is 52.0 Å². The van der Waals surface area contributed by atoms with Crippen LogP contribution in [-0.4, -0.2) is 32.0 Å². The van der Waals surface area contributed by atoms with Crippen LogP contribution in [0, 0.1) is 16.7 Å². The Morgan fingerprint density at radius 3 is 2.56 bits per heavy atom. The molecule has 1 N–H and O–H groups in total. The Morgan fingerprint density at radius 1 is 1.39 bits per heavy atom. The van der Waals surface area contributed by atoms with Gasteiger partial charge in [-0.2, -0.15) is 5.26 Å². The summed E-state index contributed by atoms with van der Waals surface area (Å²) in [5.74, 6) is 0.557. The zero-order valence-corrected chi connectivity index (χ0v) is 12.4. The van der Waals surface area contributed by atoms with Gasteiger partial charge in [0.1, 0.15) is 0 Å². The van der Waals surface area contributed by atoms with E-state index in [-0.39, 0.29) is 16.7 Å². The Kier molecular flexibility index (Phi) is 4.79. The highest BCUT2D eigenvalue weighted by Crippen LogP contribution is 2.24. The second-order valence-corrected chi connectivity index (χ2v) is 8.47. The van der Waals surface area contributed by atoms with Crippen LogP contribution in [0.25, 0.3) is 0 Å². The molecule has 0 aromatic rings. The number of nitrogens with one attached hydrogen (secondary N) is 1. The van der Waals surface area contributed by atoms with E-state index < -0.39 is 9.84 Å². The first-order valence-corrected chi connectivity index (χ1v) is 8.37. The van der Waals surface area contributed by atoms with Crippen molar-refractivity contribution < 1.29 is 8.42 Å². The van der Waals surface area contributed by atoms with E-state index in [9.17, 15) is 8.42 Å². The van der Waals surface area contributed by atoms with Crippen LogP contribution in [0.2, 0.25) is 0 Å². The second kappa shape index (κ2) is 5.58. The van der Waals surface area contributed by atoms with Gasteiger partial charge in [0.25, 0.3) is 0 Å². The third-order valence-corrected chi connectivity index (χ3v) is 5.49. The molecule has 0 aromatic heterocycles. The van der Waals surface area contributed by atoms with Crippen LogP contribution in [-0.2, 0) is 9.84 Å². The summed E-state index contributed by atoms with van der Waals surface area (Å²) in [6.07, 6.45) is 3.58. The second-order valence-electron chi connectivity index (χ2n) is 6.28. The van der Waals surface area contributed by atoms with Gasteiger partial charge in [0.15, 0.2) is 9.84 Å². The first-order chi connectivity index (χ1) is 8.18. The van der Waals surface area contributed by atoms with E-state index in [4.69, 9.17) is 5.26 Å². The lowest BCUT2D eigenvalue weighted by Crippen LogP contribution is -2.43. The standard InChI is InChI=1S/C13H24N2O2S/c1-12(2,10-14)6-4-5-8-15-13(3)7-9-18(16,17)11-13/h15H,4-9,11H2,1-3H3. The summed E-state index contributed by atoms with van der Waals surface area (Å²) in [5.41, 5.74) is -0.496. The van der Waals surface area contributed by atoms with Crippen molar-refractivity contribution in [2.24, 2.45) is 5.41 Å². The summed E-state index contributed by atoms with van der Waals surface area (Å²) < 4.78 is 22.9. The van der Waals surface area contributed by atoms with E-state index in [0.29, 0.717) is 12.2 Å². The summed E-state index contributed by atoms with van der Waals surface area (Å²) in [7, 11) is -2.83. The van der Waals surface area contributed by atoms with Gasteiger partial charge in [0.2, 0.25) is 0 Å². The number of nitriles is 1. The zero-order valence-electron chi connectivity index (χ0n) is 11.6. The maximum atomic E-state index is 11.4. The molecule has 5 heteroatoms. The summed E-state index contributed by atoms with van der Waals surface area (Å²) in [6, 6.07) is 2.29. The molecule has 1 aliphatic rings. The van der Waals surface area contributed by atoms with Gasteiger partial charge in [-0.3, -0.25) is 0 Å². The van der Waals surface area contributed by atoms with Crippen molar-refractivity contribution >= 4 is 9.84 Å². The molecular weight excluding hydrogens is 248 g/mol. The predicted octanol–water partition coefficient (Wildman–Crippen LogP) is 1.87. The number of hydrogen-bond donors (Lipinski definition) is 1. The largest absolute Gasteiger partial charge is 0.310 e. The Hall–Kier alpha value is -0.600. The van der Waals surface area contributed by atoms with E-state index in [1.54, 1.807) is 0 Å². The number of hydrogen-bond acceptors (Lipinski definition) is 4. The van der Waals surface area contributed by atoms with Crippen LogP contribution in [0.15, 0.2) is 0 Å². The highest BCUT2D eigenvalue weighted by Gasteiger charge is 2.37. The van der Waals surface area contributed by atoms with Crippen LogP contribution >= 0.6 is 0 Å². The van der Waals surface area contributed by atoms with Crippen molar-refractivity contribution in [3.63, 3.8) is 0 Å². The van der Waals surface area contributed by atoms with E-state index in [0.717, 1.165) is 25.8 Å². The van der Waals surface area contributed by atoms with E-state index in [1.807, 2.05) is 20.8 Å². The van der Waals surface area contributed by atoms with Gasteiger partial charge in [0, 0.05) is 5.54 Å². The van der Waals surface area contributed by atoms with Gasteiger partial charge < -0.3 is 5.32 Å². The van der Waals surface area contributed by atoms with Crippen molar-refractivity contribution in [1.82, 2.24) is 5.32 Å². The fourth-order valence-electron chi connectivity index (χ4n) is 2.29. The number of rotatable bonds is 6. The maximum absolute atomic E-state index is 11.4. The minimum absolute atomic E-state index is 0.246. The molecule has 1 unspecified atom stereocenters. The molecule has 1 aliphatic heterocycles. The minimum atomic E-state index is -2.83. The molecule has 1 rings (SSSR count). The molecule has 0 spiro atoms. The Balaban J connectivity index is 2.22. The minimum Gasteiger partial charge on any atom is -0.310 e. The Bertz CT molecular complexity index is 423. The summed E-state index contributed by atoms with van der Waals surface area (Å²) >= 11 is 0. The molecule has 0 aliphatic carbocycles. The van der Waals surface area contributed by atoms with Crippen molar-refractivity contribution in [3.05, 3.63) is 0 Å². The normalized spacial score (nSPS) is 27.0. The SMILES string of the molecule is CC(C)(C#N)CCCCNC1(C)CCS(=O)(=O)C1. The Labute approximate surface area is 111 Å². The van der Waals surface area contributed by atoms with Gasteiger partial charge in [-0.25, -0.2) is 8.42 Å². The molecule has 104 valence electrons. The number of unbranched alkanes of at least 4 members (excludes halogenated alkanes) is 1. The van der Waals surface area contributed by atoms with Crippen molar-refractivity contribution in [1.29, 1.82) is 5.26 Å². The first kappa shape index (κ1) is 15.5. The lowest BCUT2D eigenvalue weighted by Gasteiger charge is -2.24. The van der Waals surface area contributed by atoms with Crippen molar-refractivity contribution in [3.8, 4) is 6.07 Å². The van der Waals surface area contributed by atoms with E-state index >= 15 is 0 Å². The summed E-state index contributed by atoms with van der Waals surface area (Å²) in [5, 5.41) is 12.2. The fourth-order valence-corrected chi connectivity index (χ4v) is 4.41. The number of nitrogens with zero attached hydrogens (tertiary/aromatic N) is 1. The molecule has 1 fully saturated rings. The fraction of sp³-hybridized carbons (Fsp3) is 0.923.